The Kier molecular flexibility index (Phi) is 2.14. The molecule has 0 unspecified atom stereocenters. The molecule has 0 N–H and O–H groups in total. The summed E-state index contributed by atoms with van der Waals surface area (Å²) in [6.45, 7) is 4.17. The van der Waals surface area contributed by atoms with Gasteiger partial charge in [-0.05, 0) is 37.1 Å². The van der Waals surface area contributed by atoms with Crippen molar-refractivity contribution in [3.63, 3.8) is 0 Å². The van der Waals surface area contributed by atoms with Gasteiger partial charge in [0, 0.05) is 4.47 Å². The first-order valence-corrected chi connectivity index (χ1v) is 5.27. The van der Waals surface area contributed by atoms with Gasteiger partial charge < -0.3 is 4.74 Å². The minimum absolute atomic E-state index is 0.150. The predicted octanol–water partition coefficient (Wildman–Crippen LogP) is 2.78. The van der Waals surface area contributed by atoms with Crippen LogP contribution in [-0.2, 0) is 21.6 Å². The molecule has 0 spiro atoms. The Hall–Kier alpha value is -0.830. The Morgan fingerprint density at radius 1 is 1.43 bits per heavy atom. The normalized spacial score (nSPS) is 18.6. The zero-order valence-corrected chi connectivity index (χ0v) is 9.72. The molecular formula is C11H11BrO2. The van der Waals surface area contributed by atoms with E-state index < -0.39 is 5.41 Å². The lowest BCUT2D eigenvalue weighted by Gasteiger charge is -2.30. The van der Waals surface area contributed by atoms with Crippen LogP contribution in [0.4, 0.5) is 0 Å². The second-order valence-electron chi connectivity index (χ2n) is 4.00. The number of carbonyl (C=O) groups excluding carboxylic acids is 1. The van der Waals surface area contributed by atoms with Crippen LogP contribution in [0.15, 0.2) is 22.7 Å². The summed E-state index contributed by atoms with van der Waals surface area (Å²) in [6.07, 6.45) is 0. The van der Waals surface area contributed by atoms with Crippen LogP contribution in [0.1, 0.15) is 25.0 Å². The lowest BCUT2D eigenvalue weighted by Crippen LogP contribution is -2.36. The van der Waals surface area contributed by atoms with E-state index in [0.29, 0.717) is 6.61 Å². The van der Waals surface area contributed by atoms with Crippen molar-refractivity contribution >= 4 is 21.9 Å². The maximum Gasteiger partial charge on any atom is 0.316 e. The lowest BCUT2D eigenvalue weighted by molar-refractivity contribution is -0.152. The van der Waals surface area contributed by atoms with Gasteiger partial charge in [0.15, 0.2) is 0 Å². The highest BCUT2D eigenvalue weighted by molar-refractivity contribution is 9.10. The molecule has 0 saturated heterocycles. The Labute approximate surface area is 91.4 Å². The molecule has 0 radical (unpaired) electrons. The molecule has 0 atom stereocenters. The smallest absolute Gasteiger partial charge is 0.316 e. The number of carbonyl (C=O) groups is 1. The van der Waals surface area contributed by atoms with Crippen molar-refractivity contribution in [2.24, 2.45) is 0 Å². The standard InChI is InChI=1S/C11H11BrO2/c1-11(2)9-5-8(12)4-3-7(9)6-14-10(11)13/h3-5H,6H2,1-2H3. The largest absolute Gasteiger partial charge is 0.460 e. The molecular weight excluding hydrogens is 244 g/mol. The van der Waals surface area contributed by atoms with E-state index in [1.54, 1.807) is 0 Å². The van der Waals surface area contributed by atoms with Crippen molar-refractivity contribution in [2.75, 3.05) is 0 Å². The van der Waals surface area contributed by atoms with Crippen molar-refractivity contribution in [1.29, 1.82) is 0 Å². The van der Waals surface area contributed by atoms with E-state index in [-0.39, 0.29) is 5.97 Å². The topological polar surface area (TPSA) is 26.3 Å². The van der Waals surface area contributed by atoms with Gasteiger partial charge in [-0.3, -0.25) is 4.79 Å². The molecule has 1 aromatic rings. The number of benzene rings is 1. The number of halogens is 1. The van der Waals surface area contributed by atoms with E-state index in [1.807, 2.05) is 32.0 Å². The molecule has 0 fully saturated rings. The maximum absolute atomic E-state index is 11.6. The number of cyclic esters (lactones) is 1. The zero-order chi connectivity index (χ0) is 10.3. The average Bonchev–Trinajstić information content (AvgIpc) is 2.13. The van der Waals surface area contributed by atoms with Crippen LogP contribution in [0.5, 0.6) is 0 Å². The monoisotopic (exact) mass is 254 g/mol. The molecule has 0 bridgehead atoms. The third-order valence-electron chi connectivity index (χ3n) is 2.61. The van der Waals surface area contributed by atoms with Crippen LogP contribution in [0.3, 0.4) is 0 Å². The van der Waals surface area contributed by atoms with E-state index in [0.717, 1.165) is 15.6 Å². The van der Waals surface area contributed by atoms with Gasteiger partial charge in [0.2, 0.25) is 0 Å². The number of hydrogen-bond donors (Lipinski definition) is 0. The zero-order valence-electron chi connectivity index (χ0n) is 8.13. The molecule has 2 rings (SSSR count). The summed E-state index contributed by atoms with van der Waals surface area (Å²) >= 11 is 3.41. The molecule has 1 heterocycles. The average molecular weight is 255 g/mol. The van der Waals surface area contributed by atoms with Gasteiger partial charge in [0.1, 0.15) is 6.61 Å². The fourth-order valence-corrected chi connectivity index (χ4v) is 2.05. The van der Waals surface area contributed by atoms with Crippen molar-refractivity contribution in [1.82, 2.24) is 0 Å². The Balaban J connectivity index is 2.61. The fraction of sp³-hybridized carbons (Fsp3) is 0.364. The van der Waals surface area contributed by atoms with Crippen LogP contribution in [-0.4, -0.2) is 5.97 Å². The van der Waals surface area contributed by atoms with Gasteiger partial charge in [-0.25, -0.2) is 0 Å². The molecule has 2 nitrogen and oxygen atoms in total. The van der Waals surface area contributed by atoms with Crippen molar-refractivity contribution in [3.8, 4) is 0 Å². The van der Waals surface area contributed by atoms with E-state index in [2.05, 4.69) is 15.9 Å². The van der Waals surface area contributed by atoms with Crippen LogP contribution >= 0.6 is 15.9 Å². The molecule has 74 valence electrons. The highest BCUT2D eigenvalue weighted by Crippen LogP contribution is 2.34. The molecule has 3 heteroatoms. The van der Waals surface area contributed by atoms with Gasteiger partial charge in [-0.15, -0.1) is 0 Å². The first-order chi connectivity index (χ1) is 6.51. The summed E-state index contributed by atoms with van der Waals surface area (Å²) in [6, 6.07) is 5.96. The van der Waals surface area contributed by atoms with Crippen molar-refractivity contribution in [2.45, 2.75) is 25.9 Å². The molecule has 1 aliphatic heterocycles. The molecule has 1 aromatic carbocycles. The lowest BCUT2D eigenvalue weighted by atomic mass is 9.80. The quantitative estimate of drug-likeness (QED) is 0.666. The van der Waals surface area contributed by atoms with E-state index in [1.165, 1.54) is 0 Å². The summed E-state index contributed by atoms with van der Waals surface area (Å²) in [5.41, 5.74) is 1.62. The highest BCUT2D eigenvalue weighted by atomic mass is 79.9. The SMILES string of the molecule is CC1(C)C(=O)OCc2ccc(Br)cc21. The number of hydrogen-bond acceptors (Lipinski definition) is 2. The Bertz CT molecular complexity index is 396. The van der Waals surface area contributed by atoms with E-state index >= 15 is 0 Å². The Morgan fingerprint density at radius 3 is 2.86 bits per heavy atom. The molecule has 0 aliphatic carbocycles. The molecule has 0 amide bonds. The minimum Gasteiger partial charge on any atom is -0.460 e. The predicted molar refractivity (Wildman–Crippen MR) is 57.0 cm³/mol. The molecule has 0 aromatic heterocycles. The summed E-state index contributed by atoms with van der Waals surface area (Å²) < 4.78 is 6.10. The molecule has 14 heavy (non-hydrogen) atoms. The molecule has 0 saturated carbocycles. The van der Waals surface area contributed by atoms with Crippen molar-refractivity contribution < 1.29 is 9.53 Å². The van der Waals surface area contributed by atoms with E-state index in [4.69, 9.17) is 4.74 Å². The van der Waals surface area contributed by atoms with Crippen LogP contribution in [0.25, 0.3) is 0 Å². The first-order valence-electron chi connectivity index (χ1n) is 4.48. The fourth-order valence-electron chi connectivity index (χ4n) is 1.69. The van der Waals surface area contributed by atoms with Crippen LogP contribution < -0.4 is 0 Å². The van der Waals surface area contributed by atoms with E-state index in [9.17, 15) is 4.79 Å². The van der Waals surface area contributed by atoms with Gasteiger partial charge in [-0.2, -0.15) is 0 Å². The summed E-state index contributed by atoms with van der Waals surface area (Å²) in [7, 11) is 0. The highest BCUT2D eigenvalue weighted by Gasteiger charge is 2.37. The maximum atomic E-state index is 11.6. The third kappa shape index (κ3) is 1.36. The third-order valence-corrected chi connectivity index (χ3v) is 3.11. The summed E-state index contributed by atoms with van der Waals surface area (Å²) in [5, 5.41) is 0. The van der Waals surface area contributed by atoms with Gasteiger partial charge in [-0.1, -0.05) is 22.0 Å². The number of esters is 1. The van der Waals surface area contributed by atoms with Gasteiger partial charge in [0.25, 0.3) is 0 Å². The Morgan fingerprint density at radius 2 is 2.14 bits per heavy atom. The van der Waals surface area contributed by atoms with Crippen LogP contribution in [0, 0.1) is 0 Å². The number of fused-ring (bicyclic) bond motifs is 1. The second-order valence-corrected chi connectivity index (χ2v) is 4.92. The van der Waals surface area contributed by atoms with Gasteiger partial charge >= 0.3 is 5.97 Å². The minimum atomic E-state index is -0.530. The summed E-state index contributed by atoms with van der Waals surface area (Å²) in [5.74, 6) is -0.150. The number of rotatable bonds is 0. The summed E-state index contributed by atoms with van der Waals surface area (Å²) in [4.78, 5) is 11.6. The number of ether oxygens (including phenoxy) is 1. The molecule has 1 aliphatic rings. The second kappa shape index (κ2) is 3.09. The van der Waals surface area contributed by atoms with Crippen molar-refractivity contribution in [3.05, 3.63) is 33.8 Å². The van der Waals surface area contributed by atoms with Gasteiger partial charge in [0.05, 0.1) is 5.41 Å². The van der Waals surface area contributed by atoms with Crippen LogP contribution in [0.2, 0.25) is 0 Å². The first kappa shape index (κ1) is 9.71.